The molecule has 3 aromatic heterocycles. The normalized spacial score (nSPS) is 11.4. The van der Waals surface area contributed by atoms with Crippen LogP contribution in [0.15, 0.2) is 71.3 Å². The van der Waals surface area contributed by atoms with E-state index in [1.165, 1.54) is 48.9 Å². The second-order valence-corrected chi connectivity index (χ2v) is 9.82. The monoisotopic (exact) mass is 535 g/mol. The fraction of sp³-hybridized carbons (Fsp3) is 0.0417. The van der Waals surface area contributed by atoms with Crippen molar-refractivity contribution in [1.29, 1.82) is 10.7 Å². The van der Waals surface area contributed by atoms with Gasteiger partial charge >= 0.3 is 0 Å². The zero-order chi connectivity index (χ0) is 26.4. The summed E-state index contributed by atoms with van der Waals surface area (Å²) in [5.41, 5.74) is 1.83. The van der Waals surface area contributed by atoms with Crippen molar-refractivity contribution in [2.24, 2.45) is 0 Å². The number of ether oxygens (including phenoxy) is 1. The molecule has 0 unspecified atom stereocenters. The van der Waals surface area contributed by atoms with E-state index in [4.69, 9.17) is 10.1 Å². The van der Waals surface area contributed by atoms with Crippen molar-refractivity contribution in [3.63, 3.8) is 0 Å². The molecule has 0 bridgehead atoms. The maximum absolute atomic E-state index is 13.7. The Labute approximate surface area is 215 Å². The summed E-state index contributed by atoms with van der Waals surface area (Å²) in [7, 11) is -2.33. The molecule has 3 N–H and O–H groups in total. The standard InChI is InChI=1S/C24H18FN7O3S2/c1-28-19(4-6-26)18-12-20(15-5-7-29-23(25)11-15)31-14-22(18)35-21-3-2-17(10-16(21)13-27)37(33,34)32-24-30-8-9-36-24/h2-12,14,26,28H,1H3,(H,30,32)/b19-4-,26-6?. The summed E-state index contributed by atoms with van der Waals surface area (Å²) < 4.78 is 47.5. The Morgan fingerprint density at radius 1 is 1.16 bits per heavy atom. The first-order valence-electron chi connectivity index (χ1n) is 10.5. The smallest absolute Gasteiger partial charge is 0.263 e. The second kappa shape index (κ2) is 10.9. The van der Waals surface area contributed by atoms with Gasteiger partial charge in [-0.3, -0.25) is 9.71 Å². The minimum absolute atomic E-state index is 0.0321. The molecule has 186 valence electrons. The number of halogens is 1. The molecule has 10 nitrogen and oxygen atoms in total. The van der Waals surface area contributed by atoms with Crippen LogP contribution < -0.4 is 14.8 Å². The Balaban J connectivity index is 1.73. The third-order valence-corrected chi connectivity index (χ3v) is 7.11. The topological polar surface area (TPSA) is 154 Å². The highest BCUT2D eigenvalue weighted by molar-refractivity contribution is 7.93. The highest BCUT2D eigenvalue weighted by Gasteiger charge is 2.20. The zero-order valence-corrected chi connectivity index (χ0v) is 20.8. The third kappa shape index (κ3) is 5.77. The van der Waals surface area contributed by atoms with Crippen LogP contribution in [-0.2, 0) is 10.0 Å². The lowest BCUT2D eigenvalue weighted by atomic mass is 10.1. The molecular weight excluding hydrogens is 517 g/mol. The molecule has 0 fully saturated rings. The van der Waals surface area contributed by atoms with E-state index in [9.17, 15) is 18.1 Å². The van der Waals surface area contributed by atoms with E-state index in [0.29, 0.717) is 22.5 Å². The maximum Gasteiger partial charge on any atom is 0.263 e. The summed E-state index contributed by atoms with van der Waals surface area (Å²) in [5.74, 6) is -0.358. The number of anilines is 1. The molecule has 4 rings (SSSR count). The van der Waals surface area contributed by atoms with Gasteiger partial charge in [-0.2, -0.15) is 9.65 Å². The fourth-order valence-electron chi connectivity index (χ4n) is 3.26. The molecule has 0 atom stereocenters. The number of sulfonamides is 1. The van der Waals surface area contributed by atoms with E-state index < -0.39 is 16.0 Å². The molecule has 13 heteroatoms. The van der Waals surface area contributed by atoms with E-state index in [-0.39, 0.29) is 27.1 Å². The van der Waals surface area contributed by atoms with Crippen molar-refractivity contribution in [2.45, 2.75) is 4.90 Å². The van der Waals surface area contributed by atoms with Crippen LogP contribution in [-0.4, -0.2) is 36.6 Å². The first kappa shape index (κ1) is 25.4. The number of aromatic nitrogens is 3. The number of benzene rings is 1. The van der Waals surface area contributed by atoms with Crippen molar-refractivity contribution < 1.29 is 17.5 Å². The maximum atomic E-state index is 13.7. The highest BCUT2D eigenvalue weighted by atomic mass is 32.2. The lowest BCUT2D eigenvalue weighted by Crippen LogP contribution is -2.13. The number of hydrogen-bond acceptors (Lipinski definition) is 10. The molecule has 3 heterocycles. The molecule has 4 aromatic rings. The predicted octanol–water partition coefficient (Wildman–Crippen LogP) is 4.41. The molecule has 0 saturated carbocycles. The largest absolute Gasteiger partial charge is 0.454 e. The molecule has 0 amide bonds. The second-order valence-electron chi connectivity index (χ2n) is 7.24. The lowest BCUT2D eigenvalue weighted by molar-refractivity contribution is 0.476. The first-order chi connectivity index (χ1) is 17.8. The van der Waals surface area contributed by atoms with Gasteiger partial charge in [0.15, 0.2) is 10.9 Å². The molecule has 0 saturated heterocycles. The molecule has 1 aromatic carbocycles. The number of hydrogen-bond donors (Lipinski definition) is 3. The minimum atomic E-state index is -3.98. The van der Waals surface area contributed by atoms with Crippen molar-refractivity contribution >= 4 is 38.4 Å². The highest BCUT2D eigenvalue weighted by Crippen LogP contribution is 2.34. The first-order valence-corrected chi connectivity index (χ1v) is 12.9. The lowest BCUT2D eigenvalue weighted by Gasteiger charge is -2.16. The summed E-state index contributed by atoms with van der Waals surface area (Å²) in [4.78, 5) is 11.7. The number of pyridine rings is 2. The van der Waals surface area contributed by atoms with Crippen LogP contribution in [0.3, 0.4) is 0 Å². The Hall–Kier alpha value is -4.67. The van der Waals surface area contributed by atoms with E-state index >= 15 is 0 Å². The number of thiazole rings is 1. The Morgan fingerprint density at radius 2 is 2.00 bits per heavy atom. The van der Waals surface area contributed by atoms with Crippen LogP contribution in [0, 0.1) is 22.7 Å². The molecular formula is C24H18FN7O3S2. The van der Waals surface area contributed by atoms with Crippen LogP contribution in [0.5, 0.6) is 11.5 Å². The molecule has 37 heavy (non-hydrogen) atoms. The average molecular weight is 536 g/mol. The van der Waals surface area contributed by atoms with Gasteiger partial charge in [-0.25, -0.2) is 18.4 Å². The molecule has 0 aliphatic rings. The number of nitrogens with one attached hydrogen (secondary N) is 3. The summed E-state index contributed by atoms with van der Waals surface area (Å²) in [6, 6.07) is 10.3. The Morgan fingerprint density at radius 3 is 2.68 bits per heavy atom. The van der Waals surface area contributed by atoms with E-state index in [2.05, 4.69) is 25.0 Å². The molecule has 0 radical (unpaired) electrons. The van der Waals surface area contributed by atoms with Gasteiger partial charge in [0.05, 0.1) is 22.3 Å². The van der Waals surface area contributed by atoms with Crippen LogP contribution in [0.2, 0.25) is 0 Å². The number of nitriles is 1. The zero-order valence-electron chi connectivity index (χ0n) is 19.1. The van der Waals surface area contributed by atoms with Crippen LogP contribution in [0.4, 0.5) is 9.52 Å². The SMILES string of the molecule is CN/C(=C\C=N)c1cc(-c2ccnc(F)c2)ncc1Oc1ccc(S(=O)(=O)Nc2nccs2)cc1C#N. The van der Waals surface area contributed by atoms with Crippen LogP contribution >= 0.6 is 11.3 Å². The Bertz CT molecular complexity index is 1630. The predicted molar refractivity (Wildman–Crippen MR) is 137 cm³/mol. The van der Waals surface area contributed by atoms with Gasteiger partial charge in [-0.15, -0.1) is 11.3 Å². The van der Waals surface area contributed by atoms with E-state index in [0.717, 1.165) is 17.6 Å². The minimum Gasteiger partial charge on any atom is -0.454 e. The van der Waals surface area contributed by atoms with Gasteiger partial charge in [0.25, 0.3) is 10.0 Å². The average Bonchev–Trinajstić information content (AvgIpc) is 3.40. The third-order valence-electron chi connectivity index (χ3n) is 4.95. The molecule has 0 aliphatic heterocycles. The van der Waals surface area contributed by atoms with Crippen molar-refractivity contribution in [3.05, 3.63) is 83.5 Å². The number of rotatable bonds is 9. The summed E-state index contributed by atoms with van der Waals surface area (Å²) in [6.45, 7) is 0. The van der Waals surface area contributed by atoms with Crippen molar-refractivity contribution in [3.8, 4) is 28.8 Å². The van der Waals surface area contributed by atoms with Crippen molar-refractivity contribution in [2.75, 3.05) is 11.8 Å². The van der Waals surface area contributed by atoms with Gasteiger partial charge in [0.2, 0.25) is 5.95 Å². The van der Waals surface area contributed by atoms with Gasteiger partial charge in [0.1, 0.15) is 11.8 Å². The van der Waals surface area contributed by atoms with E-state index in [1.807, 2.05) is 6.07 Å². The summed E-state index contributed by atoms with van der Waals surface area (Å²) in [6.07, 6.45) is 6.76. The van der Waals surface area contributed by atoms with Gasteiger partial charge in [-0.1, -0.05) is 0 Å². The van der Waals surface area contributed by atoms with Crippen LogP contribution in [0.25, 0.3) is 17.0 Å². The molecule has 0 aliphatic carbocycles. The summed E-state index contributed by atoms with van der Waals surface area (Å²) >= 11 is 1.12. The van der Waals surface area contributed by atoms with Gasteiger partial charge in [-0.05, 0) is 36.4 Å². The number of nitrogens with zero attached hydrogens (tertiary/aromatic N) is 4. The van der Waals surface area contributed by atoms with Gasteiger partial charge < -0.3 is 15.5 Å². The molecule has 0 spiro atoms. The van der Waals surface area contributed by atoms with E-state index in [1.54, 1.807) is 24.6 Å². The van der Waals surface area contributed by atoms with Gasteiger partial charge in [0, 0.05) is 53.9 Å². The quantitative estimate of drug-likeness (QED) is 0.210. The van der Waals surface area contributed by atoms with Crippen molar-refractivity contribution in [1.82, 2.24) is 20.3 Å². The fourth-order valence-corrected chi connectivity index (χ4v) is 5.08. The van der Waals surface area contributed by atoms with Crippen LogP contribution in [0.1, 0.15) is 11.1 Å². The number of allylic oxidation sites excluding steroid dienone is 1. The Kier molecular flexibility index (Phi) is 7.52. The summed E-state index contributed by atoms with van der Waals surface area (Å²) in [5, 5.41) is 22.0.